The van der Waals surface area contributed by atoms with Gasteiger partial charge in [0.05, 0.1) is 5.56 Å². The highest BCUT2D eigenvalue weighted by Gasteiger charge is 2.37. The van der Waals surface area contributed by atoms with E-state index in [4.69, 9.17) is 4.42 Å². The van der Waals surface area contributed by atoms with Gasteiger partial charge in [0.1, 0.15) is 5.76 Å². The lowest BCUT2D eigenvalue weighted by Crippen LogP contribution is -2.31. The molecule has 6 heteroatoms. The molecule has 2 heterocycles. The van der Waals surface area contributed by atoms with Crippen molar-refractivity contribution >= 4 is 29.1 Å². The number of rotatable bonds is 4. The van der Waals surface area contributed by atoms with Crippen LogP contribution in [0.4, 0.5) is 5.69 Å². The number of thioether (sulfide) groups is 1. The van der Waals surface area contributed by atoms with Crippen LogP contribution in [0.2, 0.25) is 0 Å². The first-order valence-electron chi connectivity index (χ1n) is 10.6. The van der Waals surface area contributed by atoms with Gasteiger partial charge in [-0.2, -0.15) is 11.8 Å². The van der Waals surface area contributed by atoms with E-state index in [9.17, 15) is 9.59 Å². The lowest BCUT2D eigenvalue weighted by Gasteiger charge is -2.27. The number of carbonyl (C=O) groups excluding carboxylic acids is 2. The highest BCUT2D eigenvalue weighted by molar-refractivity contribution is 7.99. The molecular weight excluding hydrogens is 396 g/mol. The van der Waals surface area contributed by atoms with E-state index in [0.29, 0.717) is 29.7 Å². The van der Waals surface area contributed by atoms with Gasteiger partial charge in [0.15, 0.2) is 11.5 Å². The van der Waals surface area contributed by atoms with Crippen LogP contribution >= 0.6 is 11.8 Å². The Kier molecular flexibility index (Phi) is 5.82. The molecule has 0 spiro atoms. The average molecular weight is 427 g/mol. The molecule has 0 saturated carbocycles. The Balaban J connectivity index is 1.50. The van der Waals surface area contributed by atoms with Crippen LogP contribution in [0.3, 0.4) is 0 Å². The van der Waals surface area contributed by atoms with Crippen molar-refractivity contribution in [1.82, 2.24) is 4.90 Å². The molecule has 0 bridgehead atoms. The summed E-state index contributed by atoms with van der Waals surface area (Å²) in [5.41, 5.74) is 4.18. The fraction of sp³-hybridized carbons (Fsp3) is 0.500. The molecule has 2 aromatic rings. The second kappa shape index (κ2) is 8.23. The normalized spacial score (nSPS) is 18.9. The van der Waals surface area contributed by atoms with Gasteiger partial charge in [-0.3, -0.25) is 14.5 Å². The third-order valence-corrected chi connectivity index (χ3v) is 6.97. The van der Waals surface area contributed by atoms with E-state index >= 15 is 0 Å². The highest BCUT2D eigenvalue weighted by atomic mass is 32.2. The molecular formula is C24H30N2O3S. The maximum absolute atomic E-state index is 12.9. The molecule has 160 valence electrons. The topological polar surface area (TPSA) is 62.6 Å². The highest BCUT2D eigenvalue weighted by Crippen LogP contribution is 2.38. The van der Waals surface area contributed by atoms with Crippen molar-refractivity contribution in [3.05, 3.63) is 52.0 Å². The first-order chi connectivity index (χ1) is 14.2. The van der Waals surface area contributed by atoms with Crippen molar-refractivity contribution in [3.63, 3.8) is 0 Å². The van der Waals surface area contributed by atoms with Crippen LogP contribution < -0.4 is 5.32 Å². The zero-order valence-electron chi connectivity index (χ0n) is 18.3. The zero-order valence-corrected chi connectivity index (χ0v) is 19.1. The summed E-state index contributed by atoms with van der Waals surface area (Å²) in [4.78, 5) is 28.0. The molecule has 2 aliphatic rings. The Hall–Kier alpha value is -2.05. The van der Waals surface area contributed by atoms with E-state index in [2.05, 4.69) is 36.2 Å². The van der Waals surface area contributed by atoms with Crippen LogP contribution in [0.25, 0.3) is 0 Å². The van der Waals surface area contributed by atoms with Crippen LogP contribution in [-0.4, -0.2) is 41.2 Å². The average Bonchev–Trinajstić information content (AvgIpc) is 3.00. The number of anilines is 1. The summed E-state index contributed by atoms with van der Waals surface area (Å²) in [7, 11) is 0. The minimum absolute atomic E-state index is 0.0678. The van der Waals surface area contributed by atoms with Crippen molar-refractivity contribution in [1.29, 1.82) is 0 Å². The minimum Gasteiger partial charge on any atom is -0.455 e. The fourth-order valence-corrected chi connectivity index (χ4v) is 5.44. The van der Waals surface area contributed by atoms with E-state index < -0.39 is 0 Å². The van der Waals surface area contributed by atoms with Crippen LogP contribution in [0.1, 0.15) is 63.6 Å². The largest absolute Gasteiger partial charge is 0.455 e. The number of aryl methyl sites for hydroxylation is 1. The molecule has 1 amide bonds. The van der Waals surface area contributed by atoms with Gasteiger partial charge in [0, 0.05) is 55.2 Å². The quantitative estimate of drug-likeness (QED) is 0.757. The summed E-state index contributed by atoms with van der Waals surface area (Å²) in [6.45, 7) is 11.1. The van der Waals surface area contributed by atoms with E-state index in [0.717, 1.165) is 30.9 Å². The maximum atomic E-state index is 12.9. The molecule has 1 fully saturated rings. The second-order valence-corrected chi connectivity index (χ2v) is 10.5. The first-order valence-corrected chi connectivity index (χ1v) is 11.8. The lowest BCUT2D eigenvalue weighted by atomic mass is 9.76. The van der Waals surface area contributed by atoms with Crippen molar-refractivity contribution in [2.24, 2.45) is 5.41 Å². The number of benzene rings is 1. The van der Waals surface area contributed by atoms with Crippen LogP contribution in [-0.2, 0) is 13.0 Å². The zero-order chi connectivity index (χ0) is 21.5. The fourth-order valence-electron chi connectivity index (χ4n) is 4.46. The number of fused-ring (bicyclic) bond motifs is 1. The molecule has 1 saturated heterocycles. The number of hydrogen-bond donors (Lipinski definition) is 1. The Bertz CT molecular complexity index is 987. The molecule has 1 N–H and O–H groups in total. The van der Waals surface area contributed by atoms with Crippen LogP contribution in [0.5, 0.6) is 0 Å². The molecule has 0 atom stereocenters. The summed E-state index contributed by atoms with van der Waals surface area (Å²) >= 11 is 2.01. The third-order valence-electron chi connectivity index (χ3n) is 6.03. The first kappa shape index (κ1) is 21.2. The lowest BCUT2D eigenvalue weighted by molar-refractivity contribution is 0.0898. The molecule has 30 heavy (non-hydrogen) atoms. The van der Waals surface area contributed by atoms with Crippen molar-refractivity contribution in [3.8, 4) is 0 Å². The van der Waals surface area contributed by atoms with Gasteiger partial charge in [0.25, 0.3) is 5.91 Å². The number of amides is 1. The molecule has 1 aliphatic carbocycles. The summed E-state index contributed by atoms with van der Waals surface area (Å²) in [5.74, 6) is 3.05. The Morgan fingerprint density at radius 1 is 1.20 bits per heavy atom. The van der Waals surface area contributed by atoms with Gasteiger partial charge in [0.2, 0.25) is 0 Å². The van der Waals surface area contributed by atoms with Crippen LogP contribution in [0.15, 0.2) is 22.6 Å². The molecule has 1 aromatic carbocycles. The maximum Gasteiger partial charge on any atom is 0.291 e. The molecule has 5 nitrogen and oxygen atoms in total. The van der Waals surface area contributed by atoms with Crippen molar-refractivity contribution < 1.29 is 14.0 Å². The minimum atomic E-state index is -0.295. The van der Waals surface area contributed by atoms with Crippen LogP contribution in [0, 0.1) is 19.3 Å². The van der Waals surface area contributed by atoms with Gasteiger partial charge < -0.3 is 9.73 Å². The van der Waals surface area contributed by atoms with Crippen molar-refractivity contribution in [2.45, 2.75) is 47.1 Å². The predicted molar refractivity (Wildman–Crippen MR) is 122 cm³/mol. The van der Waals surface area contributed by atoms with E-state index in [-0.39, 0.29) is 22.9 Å². The molecule has 4 rings (SSSR count). The Morgan fingerprint density at radius 3 is 2.63 bits per heavy atom. The number of nitrogens with zero attached hydrogens (tertiary/aromatic N) is 1. The number of nitrogens with one attached hydrogen (secondary N) is 1. The van der Waals surface area contributed by atoms with Gasteiger partial charge in [-0.15, -0.1) is 0 Å². The summed E-state index contributed by atoms with van der Waals surface area (Å²) in [6, 6.07) is 6.19. The summed E-state index contributed by atoms with van der Waals surface area (Å²) in [6.07, 6.45) is 1.16. The monoisotopic (exact) mass is 426 g/mol. The SMILES string of the molecule is Cc1cc(CN2CCSCC2)ccc1NC(=O)c1oc2c(c1C)C(=O)CC(C)(C)C2. The van der Waals surface area contributed by atoms with Crippen molar-refractivity contribution in [2.75, 3.05) is 29.9 Å². The standard InChI is InChI=1S/C24H30N2O3S/c1-15-11-17(14-26-7-9-30-10-8-26)5-6-18(15)25-23(28)22-16(2)21-19(27)12-24(3,4)13-20(21)29-22/h5-6,11H,7-10,12-14H2,1-4H3,(H,25,28). The number of carbonyl (C=O) groups is 2. The van der Waals surface area contributed by atoms with E-state index in [1.54, 1.807) is 6.92 Å². The number of furan rings is 1. The molecule has 0 unspecified atom stereocenters. The summed E-state index contributed by atoms with van der Waals surface area (Å²) in [5, 5.41) is 2.98. The van der Waals surface area contributed by atoms with Gasteiger partial charge in [-0.25, -0.2) is 0 Å². The smallest absolute Gasteiger partial charge is 0.291 e. The van der Waals surface area contributed by atoms with E-state index in [1.165, 1.54) is 17.1 Å². The van der Waals surface area contributed by atoms with Gasteiger partial charge in [-0.05, 0) is 36.5 Å². The summed E-state index contributed by atoms with van der Waals surface area (Å²) < 4.78 is 5.90. The number of Topliss-reactive ketones (excluding diaryl/α,β-unsaturated/α-hetero) is 1. The Morgan fingerprint density at radius 2 is 1.93 bits per heavy atom. The second-order valence-electron chi connectivity index (χ2n) is 9.29. The number of hydrogen-bond acceptors (Lipinski definition) is 5. The molecule has 1 aliphatic heterocycles. The Labute approximate surface area is 182 Å². The van der Waals surface area contributed by atoms with Gasteiger partial charge in [-0.1, -0.05) is 26.0 Å². The molecule has 1 aromatic heterocycles. The van der Waals surface area contributed by atoms with E-state index in [1.807, 2.05) is 24.8 Å². The third kappa shape index (κ3) is 4.35. The molecule has 0 radical (unpaired) electrons. The number of ketones is 1. The predicted octanol–water partition coefficient (Wildman–Crippen LogP) is 4.85. The van der Waals surface area contributed by atoms with Gasteiger partial charge >= 0.3 is 0 Å².